The Hall–Kier alpha value is -3.61. The quantitative estimate of drug-likeness (QED) is 0.549. The lowest BCUT2D eigenvalue weighted by Crippen LogP contribution is -2.41. The van der Waals surface area contributed by atoms with Gasteiger partial charge in [-0.3, -0.25) is 14.4 Å². The van der Waals surface area contributed by atoms with Gasteiger partial charge in [0.2, 0.25) is 11.8 Å². The second-order valence-electron chi connectivity index (χ2n) is 6.57. The molecule has 2 aromatic rings. The summed E-state index contributed by atoms with van der Waals surface area (Å²) in [5.74, 6) is -1.46. The summed E-state index contributed by atoms with van der Waals surface area (Å²) in [7, 11) is 0. The van der Waals surface area contributed by atoms with Gasteiger partial charge in [0.15, 0.2) is 0 Å². The van der Waals surface area contributed by atoms with Crippen molar-refractivity contribution < 1.29 is 19.5 Å². The summed E-state index contributed by atoms with van der Waals surface area (Å²) < 4.78 is 0. The number of phenols is 1. The van der Waals surface area contributed by atoms with Crippen molar-refractivity contribution >= 4 is 29.1 Å². The van der Waals surface area contributed by atoms with Gasteiger partial charge in [-0.2, -0.15) is 0 Å². The van der Waals surface area contributed by atoms with Gasteiger partial charge < -0.3 is 20.6 Å². The minimum atomic E-state index is -0.682. The smallest absolute Gasteiger partial charge is 0.255 e. The lowest BCUT2D eigenvalue weighted by Gasteiger charge is -2.18. The first kappa shape index (κ1) is 19.2. The standard InChI is InChI=1S/C21H21N3O4/c1-3-19(26)22-14-7-8-18(25)16(12-14)20(27)23-17-9-10-24(21(17)28)15-6-4-5-13(2)11-15/h3-8,11-12,17,25H,1,9-10H2,2H3,(H,22,26)(H,23,27). The van der Waals surface area contributed by atoms with E-state index in [9.17, 15) is 19.5 Å². The Labute approximate surface area is 162 Å². The van der Waals surface area contributed by atoms with Crippen molar-refractivity contribution in [1.29, 1.82) is 0 Å². The van der Waals surface area contributed by atoms with Crippen molar-refractivity contribution in [2.24, 2.45) is 0 Å². The van der Waals surface area contributed by atoms with Crippen LogP contribution in [0.4, 0.5) is 11.4 Å². The van der Waals surface area contributed by atoms with Gasteiger partial charge in [-0.1, -0.05) is 18.7 Å². The van der Waals surface area contributed by atoms with Crippen LogP contribution in [0.3, 0.4) is 0 Å². The summed E-state index contributed by atoms with van der Waals surface area (Å²) in [6, 6.07) is 11.0. The minimum absolute atomic E-state index is 0.0244. The van der Waals surface area contributed by atoms with Crippen LogP contribution in [-0.2, 0) is 9.59 Å². The maximum atomic E-state index is 12.7. The molecule has 1 heterocycles. The Morgan fingerprint density at radius 1 is 1.25 bits per heavy atom. The third-order valence-corrected chi connectivity index (χ3v) is 4.52. The van der Waals surface area contributed by atoms with Crippen LogP contribution in [0, 0.1) is 6.92 Å². The van der Waals surface area contributed by atoms with Gasteiger partial charge in [-0.15, -0.1) is 0 Å². The Kier molecular flexibility index (Phi) is 5.44. The number of aryl methyl sites for hydroxylation is 1. The number of nitrogens with one attached hydrogen (secondary N) is 2. The summed E-state index contributed by atoms with van der Waals surface area (Å²) in [5.41, 5.74) is 2.15. The fourth-order valence-corrected chi connectivity index (χ4v) is 3.09. The molecule has 1 aliphatic rings. The summed E-state index contributed by atoms with van der Waals surface area (Å²) in [6.07, 6.45) is 1.57. The molecule has 0 radical (unpaired) electrons. The monoisotopic (exact) mass is 379 g/mol. The maximum Gasteiger partial charge on any atom is 0.255 e. The van der Waals surface area contributed by atoms with Crippen LogP contribution in [0.5, 0.6) is 5.75 Å². The van der Waals surface area contributed by atoms with Gasteiger partial charge in [-0.05, 0) is 55.3 Å². The summed E-state index contributed by atoms with van der Waals surface area (Å²) in [5, 5.41) is 15.2. The SMILES string of the molecule is C=CC(=O)Nc1ccc(O)c(C(=O)NC2CCN(c3cccc(C)c3)C2=O)c1. The number of anilines is 2. The second-order valence-corrected chi connectivity index (χ2v) is 6.57. The molecular formula is C21H21N3O4. The number of rotatable bonds is 5. The third kappa shape index (κ3) is 4.03. The van der Waals surface area contributed by atoms with E-state index in [4.69, 9.17) is 0 Å². The molecule has 0 aliphatic carbocycles. The van der Waals surface area contributed by atoms with E-state index in [-0.39, 0.29) is 17.2 Å². The lowest BCUT2D eigenvalue weighted by atomic mass is 10.1. The second kappa shape index (κ2) is 7.96. The molecule has 1 atom stereocenters. The number of aromatic hydroxyl groups is 1. The summed E-state index contributed by atoms with van der Waals surface area (Å²) in [6.45, 7) is 5.81. The van der Waals surface area contributed by atoms with Crippen molar-refractivity contribution in [2.45, 2.75) is 19.4 Å². The van der Waals surface area contributed by atoms with Crippen molar-refractivity contribution in [2.75, 3.05) is 16.8 Å². The molecule has 2 aromatic carbocycles. The van der Waals surface area contributed by atoms with E-state index in [2.05, 4.69) is 17.2 Å². The average molecular weight is 379 g/mol. The number of carbonyl (C=O) groups excluding carboxylic acids is 3. The number of nitrogens with zero attached hydrogens (tertiary/aromatic N) is 1. The number of amides is 3. The van der Waals surface area contributed by atoms with Crippen LogP contribution in [0.15, 0.2) is 55.1 Å². The van der Waals surface area contributed by atoms with Gasteiger partial charge in [0.05, 0.1) is 5.56 Å². The van der Waals surface area contributed by atoms with Crippen molar-refractivity contribution in [3.05, 3.63) is 66.2 Å². The Morgan fingerprint density at radius 3 is 2.75 bits per heavy atom. The molecule has 7 heteroatoms. The van der Waals surface area contributed by atoms with Crippen LogP contribution >= 0.6 is 0 Å². The van der Waals surface area contributed by atoms with Gasteiger partial charge in [0, 0.05) is 17.9 Å². The first-order chi connectivity index (χ1) is 13.4. The Balaban J connectivity index is 1.73. The molecule has 1 saturated heterocycles. The molecule has 0 aromatic heterocycles. The molecule has 28 heavy (non-hydrogen) atoms. The largest absolute Gasteiger partial charge is 0.507 e. The van der Waals surface area contributed by atoms with E-state index in [1.54, 1.807) is 4.90 Å². The molecule has 0 bridgehead atoms. The van der Waals surface area contributed by atoms with Crippen LogP contribution in [0.25, 0.3) is 0 Å². The number of carbonyl (C=O) groups is 3. The molecule has 1 unspecified atom stereocenters. The van der Waals surface area contributed by atoms with Crippen LogP contribution in [0.2, 0.25) is 0 Å². The highest BCUT2D eigenvalue weighted by Gasteiger charge is 2.34. The molecule has 0 saturated carbocycles. The van der Waals surface area contributed by atoms with Gasteiger partial charge >= 0.3 is 0 Å². The van der Waals surface area contributed by atoms with E-state index >= 15 is 0 Å². The van der Waals surface area contributed by atoms with Gasteiger partial charge in [-0.25, -0.2) is 0 Å². The molecule has 144 valence electrons. The van der Waals surface area contributed by atoms with E-state index in [1.807, 2.05) is 31.2 Å². The topological polar surface area (TPSA) is 98.7 Å². The van der Waals surface area contributed by atoms with Crippen molar-refractivity contribution in [3.63, 3.8) is 0 Å². The molecule has 3 amide bonds. The maximum absolute atomic E-state index is 12.7. The fourth-order valence-electron chi connectivity index (χ4n) is 3.09. The number of phenolic OH excluding ortho intramolecular Hbond substituents is 1. The third-order valence-electron chi connectivity index (χ3n) is 4.52. The highest BCUT2D eigenvalue weighted by Crippen LogP contribution is 2.25. The zero-order chi connectivity index (χ0) is 20.3. The number of benzene rings is 2. The molecular weight excluding hydrogens is 358 g/mol. The number of hydrogen-bond acceptors (Lipinski definition) is 4. The molecule has 1 aliphatic heterocycles. The van der Waals surface area contributed by atoms with Gasteiger partial charge in [0.1, 0.15) is 11.8 Å². The fraction of sp³-hybridized carbons (Fsp3) is 0.190. The Bertz CT molecular complexity index is 954. The normalized spacial score (nSPS) is 16.0. The highest BCUT2D eigenvalue weighted by atomic mass is 16.3. The van der Waals surface area contributed by atoms with Crippen molar-refractivity contribution in [3.8, 4) is 5.75 Å². The number of hydrogen-bond donors (Lipinski definition) is 3. The van der Waals surface area contributed by atoms with E-state index in [0.29, 0.717) is 18.7 Å². The van der Waals surface area contributed by atoms with Crippen molar-refractivity contribution in [1.82, 2.24) is 5.32 Å². The predicted molar refractivity (Wildman–Crippen MR) is 106 cm³/mol. The highest BCUT2D eigenvalue weighted by molar-refractivity contribution is 6.06. The first-order valence-electron chi connectivity index (χ1n) is 8.84. The molecule has 3 rings (SSSR count). The van der Waals surface area contributed by atoms with E-state index in [0.717, 1.165) is 17.3 Å². The van der Waals surface area contributed by atoms with Crippen LogP contribution in [0.1, 0.15) is 22.3 Å². The first-order valence-corrected chi connectivity index (χ1v) is 8.84. The summed E-state index contributed by atoms with van der Waals surface area (Å²) in [4.78, 5) is 38.4. The van der Waals surface area contributed by atoms with Crippen LogP contribution < -0.4 is 15.5 Å². The average Bonchev–Trinajstić information content (AvgIpc) is 3.03. The van der Waals surface area contributed by atoms with E-state index < -0.39 is 17.9 Å². The minimum Gasteiger partial charge on any atom is -0.507 e. The molecule has 1 fully saturated rings. The predicted octanol–water partition coefficient (Wildman–Crippen LogP) is 2.36. The molecule has 0 spiro atoms. The zero-order valence-corrected chi connectivity index (χ0v) is 15.4. The zero-order valence-electron chi connectivity index (χ0n) is 15.4. The van der Waals surface area contributed by atoms with Crippen LogP contribution in [-0.4, -0.2) is 35.4 Å². The van der Waals surface area contributed by atoms with E-state index in [1.165, 1.54) is 18.2 Å². The van der Waals surface area contributed by atoms with Gasteiger partial charge in [0.25, 0.3) is 5.91 Å². The molecule has 3 N–H and O–H groups in total. The molecule has 7 nitrogen and oxygen atoms in total. The Morgan fingerprint density at radius 2 is 2.04 bits per heavy atom. The summed E-state index contributed by atoms with van der Waals surface area (Å²) >= 11 is 0. The lowest BCUT2D eigenvalue weighted by molar-refractivity contribution is -0.118.